The zero-order valence-corrected chi connectivity index (χ0v) is 14.0. The van der Waals surface area contributed by atoms with Gasteiger partial charge in [-0.05, 0) is 19.1 Å². The molecule has 0 saturated carbocycles. The average molecular weight is 359 g/mol. The minimum Gasteiger partial charge on any atom is -0.479 e. The number of ether oxygens (including phenoxy) is 4. The van der Waals surface area contributed by atoms with E-state index in [0.717, 1.165) is 0 Å². The van der Waals surface area contributed by atoms with Gasteiger partial charge in [0.25, 0.3) is 5.69 Å². The number of fused-ring (bicyclic) bond motifs is 1. The summed E-state index contributed by atoms with van der Waals surface area (Å²) in [4.78, 5) is 22.7. The fourth-order valence-corrected chi connectivity index (χ4v) is 2.51. The van der Waals surface area contributed by atoms with E-state index in [9.17, 15) is 14.9 Å². The maximum atomic E-state index is 12.2. The number of hydrogen-bond acceptors (Lipinski definition) is 7. The van der Waals surface area contributed by atoms with Crippen LogP contribution in [0.2, 0.25) is 0 Å². The molecule has 136 valence electrons. The molecule has 26 heavy (non-hydrogen) atoms. The van der Waals surface area contributed by atoms with Crippen molar-refractivity contribution in [3.05, 3.63) is 63.7 Å². The Labute approximate surface area is 149 Å². The molecule has 1 heterocycles. The molecule has 3 rings (SSSR count). The summed E-state index contributed by atoms with van der Waals surface area (Å²) < 4.78 is 21.3. The number of carbonyl (C=O) groups is 1. The molecule has 0 N–H and O–H groups in total. The van der Waals surface area contributed by atoms with Gasteiger partial charge in [0.05, 0.1) is 11.5 Å². The van der Waals surface area contributed by atoms with E-state index in [2.05, 4.69) is 0 Å². The second kappa shape index (κ2) is 7.83. The van der Waals surface area contributed by atoms with E-state index in [0.29, 0.717) is 22.6 Å². The Morgan fingerprint density at radius 2 is 2.08 bits per heavy atom. The fraction of sp³-hybridized carbons (Fsp3) is 0.278. The molecule has 1 aliphatic rings. The fourth-order valence-electron chi connectivity index (χ4n) is 2.51. The number of nitro groups is 1. The number of carbonyl (C=O) groups excluding carboxylic acids is 1. The van der Waals surface area contributed by atoms with Crippen LogP contribution in [0.5, 0.6) is 11.5 Å². The van der Waals surface area contributed by atoms with E-state index >= 15 is 0 Å². The second-order valence-electron chi connectivity index (χ2n) is 5.64. The summed E-state index contributed by atoms with van der Waals surface area (Å²) in [6.45, 7) is 1.65. The van der Waals surface area contributed by atoms with Crippen molar-refractivity contribution >= 4 is 11.7 Å². The molecular weight excluding hydrogens is 342 g/mol. The highest BCUT2D eigenvalue weighted by atomic mass is 16.7. The molecule has 0 fully saturated rings. The first kappa shape index (κ1) is 17.7. The number of benzene rings is 2. The molecule has 0 aromatic heterocycles. The highest BCUT2D eigenvalue weighted by Crippen LogP contribution is 2.33. The second-order valence-corrected chi connectivity index (χ2v) is 5.64. The van der Waals surface area contributed by atoms with Crippen LogP contribution in [-0.2, 0) is 27.5 Å². The van der Waals surface area contributed by atoms with Crippen molar-refractivity contribution in [2.24, 2.45) is 0 Å². The minimum atomic E-state index is -0.823. The Balaban J connectivity index is 1.69. The summed E-state index contributed by atoms with van der Waals surface area (Å²) in [5.74, 6) is 0.414. The number of esters is 1. The molecule has 1 atom stereocenters. The predicted molar refractivity (Wildman–Crippen MR) is 89.7 cm³/mol. The smallest absolute Gasteiger partial charge is 0.347 e. The number of rotatable bonds is 6. The van der Waals surface area contributed by atoms with Gasteiger partial charge in [-0.1, -0.05) is 18.2 Å². The van der Waals surface area contributed by atoms with Crippen molar-refractivity contribution in [1.29, 1.82) is 0 Å². The minimum absolute atomic E-state index is 0.0410. The van der Waals surface area contributed by atoms with Gasteiger partial charge in [0.1, 0.15) is 18.1 Å². The van der Waals surface area contributed by atoms with Crippen LogP contribution in [0.15, 0.2) is 42.5 Å². The SMILES string of the molecule is C[C@@H](Oc1ccccc1)C(=O)OCc1cc([N+](=O)[O-])cc2c1OCOC2. The Morgan fingerprint density at radius 3 is 2.81 bits per heavy atom. The quantitative estimate of drug-likeness (QED) is 0.444. The lowest BCUT2D eigenvalue weighted by atomic mass is 10.1. The maximum absolute atomic E-state index is 12.2. The van der Waals surface area contributed by atoms with Gasteiger partial charge in [0, 0.05) is 23.3 Å². The lowest BCUT2D eigenvalue weighted by Crippen LogP contribution is -2.26. The third-order valence-corrected chi connectivity index (χ3v) is 3.74. The van der Waals surface area contributed by atoms with Crippen molar-refractivity contribution in [1.82, 2.24) is 0 Å². The van der Waals surface area contributed by atoms with Crippen molar-refractivity contribution < 1.29 is 28.7 Å². The van der Waals surface area contributed by atoms with Gasteiger partial charge >= 0.3 is 5.97 Å². The summed E-state index contributed by atoms with van der Waals surface area (Å²) in [7, 11) is 0. The topological polar surface area (TPSA) is 97.1 Å². The van der Waals surface area contributed by atoms with E-state index in [-0.39, 0.29) is 25.7 Å². The summed E-state index contributed by atoms with van der Waals surface area (Å²) in [5, 5.41) is 11.1. The van der Waals surface area contributed by atoms with Gasteiger partial charge in [0.15, 0.2) is 12.9 Å². The monoisotopic (exact) mass is 359 g/mol. The lowest BCUT2D eigenvalue weighted by Gasteiger charge is -2.21. The van der Waals surface area contributed by atoms with Crippen LogP contribution in [0.4, 0.5) is 5.69 Å². The number of nitrogens with zero attached hydrogens (tertiary/aromatic N) is 1. The van der Waals surface area contributed by atoms with Crippen molar-refractivity contribution in [3.63, 3.8) is 0 Å². The van der Waals surface area contributed by atoms with Crippen molar-refractivity contribution in [3.8, 4) is 11.5 Å². The first-order valence-corrected chi connectivity index (χ1v) is 7.93. The number of para-hydroxylation sites is 1. The van der Waals surface area contributed by atoms with Crippen LogP contribution >= 0.6 is 0 Å². The molecule has 8 heteroatoms. The summed E-state index contributed by atoms with van der Waals surface area (Å²) in [6, 6.07) is 11.6. The van der Waals surface area contributed by atoms with E-state index in [1.165, 1.54) is 12.1 Å². The van der Waals surface area contributed by atoms with E-state index in [1.54, 1.807) is 31.2 Å². The van der Waals surface area contributed by atoms with E-state index in [4.69, 9.17) is 18.9 Å². The molecule has 1 aliphatic heterocycles. The van der Waals surface area contributed by atoms with Gasteiger partial charge in [-0.25, -0.2) is 4.79 Å². The molecule has 8 nitrogen and oxygen atoms in total. The number of hydrogen-bond donors (Lipinski definition) is 0. The molecule has 0 spiro atoms. The molecule has 0 radical (unpaired) electrons. The van der Waals surface area contributed by atoms with Crippen molar-refractivity contribution in [2.75, 3.05) is 6.79 Å². The highest BCUT2D eigenvalue weighted by Gasteiger charge is 2.23. The Bertz CT molecular complexity index is 807. The van der Waals surface area contributed by atoms with Crippen molar-refractivity contribution in [2.45, 2.75) is 26.2 Å². The Hall–Kier alpha value is -3.13. The Morgan fingerprint density at radius 1 is 1.31 bits per heavy atom. The van der Waals surface area contributed by atoms with Gasteiger partial charge < -0.3 is 18.9 Å². The average Bonchev–Trinajstić information content (AvgIpc) is 2.66. The van der Waals surface area contributed by atoms with Gasteiger partial charge in [0.2, 0.25) is 0 Å². The van der Waals surface area contributed by atoms with Crippen LogP contribution in [0.3, 0.4) is 0 Å². The van der Waals surface area contributed by atoms with E-state index in [1.807, 2.05) is 6.07 Å². The summed E-state index contributed by atoms with van der Waals surface area (Å²) in [6.07, 6.45) is -0.823. The normalized spacial score (nSPS) is 13.9. The number of nitro benzene ring substituents is 1. The summed E-state index contributed by atoms with van der Waals surface area (Å²) in [5.41, 5.74) is 0.848. The summed E-state index contributed by atoms with van der Waals surface area (Å²) >= 11 is 0. The van der Waals surface area contributed by atoms with Crippen LogP contribution in [-0.4, -0.2) is 23.8 Å². The Kier molecular flexibility index (Phi) is 5.33. The zero-order valence-electron chi connectivity index (χ0n) is 14.0. The van der Waals surface area contributed by atoms with Crippen LogP contribution in [0.25, 0.3) is 0 Å². The molecule has 2 aromatic rings. The molecule has 0 aliphatic carbocycles. The molecule has 0 unspecified atom stereocenters. The highest BCUT2D eigenvalue weighted by molar-refractivity contribution is 5.74. The first-order valence-electron chi connectivity index (χ1n) is 7.93. The third kappa shape index (κ3) is 4.09. The molecule has 0 saturated heterocycles. The standard InChI is InChI=1S/C18H17NO7/c1-12(26-16-5-3-2-4-6-16)18(20)24-10-14-8-15(19(21)22)7-13-9-23-11-25-17(13)14/h2-8,12H,9-11H2,1H3/t12-/m1/s1. The van der Waals surface area contributed by atoms with E-state index < -0.39 is 17.0 Å². The maximum Gasteiger partial charge on any atom is 0.347 e. The van der Waals surface area contributed by atoms with Crippen LogP contribution in [0, 0.1) is 10.1 Å². The zero-order chi connectivity index (χ0) is 18.5. The third-order valence-electron chi connectivity index (χ3n) is 3.74. The molecular formula is C18H17NO7. The number of non-ortho nitro benzene ring substituents is 1. The van der Waals surface area contributed by atoms with Gasteiger partial charge in [-0.15, -0.1) is 0 Å². The molecule has 0 amide bonds. The predicted octanol–water partition coefficient (Wildman–Crippen LogP) is 2.97. The first-order chi connectivity index (χ1) is 12.5. The van der Waals surface area contributed by atoms with Gasteiger partial charge in [-0.3, -0.25) is 10.1 Å². The van der Waals surface area contributed by atoms with Crippen LogP contribution < -0.4 is 9.47 Å². The molecule has 2 aromatic carbocycles. The van der Waals surface area contributed by atoms with Crippen LogP contribution in [0.1, 0.15) is 18.1 Å². The molecule has 0 bridgehead atoms. The largest absolute Gasteiger partial charge is 0.479 e. The van der Waals surface area contributed by atoms with Gasteiger partial charge in [-0.2, -0.15) is 0 Å². The lowest BCUT2D eigenvalue weighted by molar-refractivity contribution is -0.385.